The van der Waals surface area contributed by atoms with Gasteiger partial charge in [0.2, 0.25) is 0 Å². The third-order valence-electron chi connectivity index (χ3n) is 2.84. The van der Waals surface area contributed by atoms with Gasteiger partial charge in [0.1, 0.15) is 0 Å². The average molecular weight is 221 g/mol. The van der Waals surface area contributed by atoms with E-state index in [4.69, 9.17) is 11.6 Å². The number of hydrogen-bond donors (Lipinski definition) is 0. The van der Waals surface area contributed by atoms with Crippen LogP contribution in [0.2, 0.25) is 5.02 Å². The van der Waals surface area contributed by atoms with E-state index in [9.17, 15) is 4.79 Å². The predicted octanol–water partition coefficient (Wildman–Crippen LogP) is 3.94. The largest absolute Gasteiger partial charge is 0.289 e. The van der Waals surface area contributed by atoms with Crippen molar-refractivity contribution in [2.24, 2.45) is 0 Å². The number of Topliss-reactive ketones (excluding diaryl/α,β-unsaturated/α-hetero) is 1. The van der Waals surface area contributed by atoms with Crippen LogP contribution in [-0.4, -0.2) is 5.78 Å². The van der Waals surface area contributed by atoms with E-state index in [0.717, 1.165) is 36.0 Å². The Bertz CT molecular complexity index is 432. The summed E-state index contributed by atoms with van der Waals surface area (Å²) in [6.45, 7) is 1.89. The number of rotatable bonds is 2. The Kier molecular flexibility index (Phi) is 2.92. The Balaban J connectivity index is 2.37. The molecule has 0 aliphatic heterocycles. The van der Waals surface area contributed by atoms with Crippen molar-refractivity contribution in [1.82, 2.24) is 0 Å². The smallest absolute Gasteiger partial charge is 0.189 e. The first-order valence-corrected chi connectivity index (χ1v) is 5.57. The van der Waals surface area contributed by atoms with E-state index in [0.29, 0.717) is 5.02 Å². The second kappa shape index (κ2) is 4.19. The Hall–Kier alpha value is -1.08. The summed E-state index contributed by atoms with van der Waals surface area (Å²) in [4.78, 5) is 12.1. The first kappa shape index (κ1) is 10.4. The van der Waals surface area contributed by atoms with Crippen LogP contribution in [0.4, 0.5) is 0 Å². The fraction of sp³-hybridized carbons (Fsp3) is 0.308. The molecule has 2 rings (SSSR count). The lowest BCUT2D eigenvalue weighted by atomic mass is 9.99. The summed E-state index contributed by atoms with van der Waals surface area (Å²) >= 11 is 5.99. The zero-order chi connectivity index (χ0) is 10.8. The van der Waals surface area contributed by atoms with Gasteiger partial charge in [0.25, 0.3) is 0 Å². The standard InChI is InChI=1S/C13H13ClO/c1-9-11(7-4-8-12(9)14)13(15)10-5-2-3-6-10/h4-5,7-8H,2-3,6H2,1H3. The Morgan fingerprint density at radius 3 is 2.87 bits per heavy atom. The van der Waals surface area contributed by atoms with Crippen LogP contribution in [-0.2, 0) is 0 Å². The maximum atomic E-state index is 12.1. The number of allylic oxidation sites excluding steroid dienone is 2. The number of ketones is 1. The number of carbonyl (C=O) groups excluding carboxylic acids is 1. The minimum atomic E-state index is 0.146. The maximum absolute atomic E-state index is 12.1. The van der Waals surface area contributed by atoms with Gasteiger partial charge in [0.05, 0.1) is 0 Å². The van der Waals surface area contributed by atoms with Crippen LogP contribution in [0.15, 0.2) is 29.8 Å². The van der Waals surface area contributed by atoms with Crippen LogP contribution < -0.4 is 0 Å². The summed E-state index contributed by atoms with van der Waals surface area (Å²) in [5, 5.41) is 0.666. The van der Waals surface area contributed by atoms with Crippen LogP contribution >= 0.6 is 11.6 Å². The number of carbonyl (C=O) groups is 1. The summed E-state index contributed by atoms with van der Waals surface area (Å²) in [5.74, 6) is 0.146. The normalized spacial score (nSPS) is 15.2. The van der Waals surface area contributed by atoms with Crippen molar-refractivity contribution in [3.8, 4) is 0 Å². The van der Waals surface area contributed by atoms with Gasteiger partial charge in [-0.1, -0.05) is 29.8 Å². The second-order valence-corrected chi connectivity index (χ2v) is 4.27. The number of halogens is 1. The van der Waals surface area contributed by atoms with Crippen molar-refractivity contribution >= 4 is 17.4 Å². The molecule has 1 aliphatic rings. The van der Waals surface area contributed by atoms with Crippen molar-refractivity contribution in [1.29, 1.82) is 0 Å². The Labute approximate surface area is 94.8 Å². The van der Waals surface area contributed by atoms with Crippen LogP contribution in [0.1, 0.15) is 35.2 Å². The molecule has 2 heteroatoms. The second-order valence-electron chi connectivity index (χ2n) is 3.86. The van der Waals surface area contributed by atoms with Gasteiger partial charge >= 0.3 is 0 Å². The van der Waals surface area contributed by atoms with Crippen molar-refractivity contribution in [3.05, 3.63) is 46.0 Å². The van der Waals surface area contributed by atoms with E-state index in [-0.39, 0.29) is 5.78 Å². The lowest BCUT2D eigenvalue weighted by Gasteiger charge is -2.06. The van der Waals surface area contributed by atoms with E-state index in [1.165, 1.54) is 0 Å². The molecule has 15 heavy (non-hydrogen) atoms. The Morgan fingerprint density at radius 2 is 2.20 bits per heavy atom. The lowest BCUT2D eigenvalue weighted by Crippen LogP contribution is -2.04. The molecule has 78 valence electrons. The van der Waals surface area contributed by atoms with Gasteiger partial charge in [-0.05, 0) is 43.4 Å². The molecule has 0 N–H and O–H groups in total. The molecule has 0 unspecified atom stereocenters. The first-order chi connectivity index (χ1) is 7.20. The highest BCUT2D eigenvalue weighted by Gasteiger charge is 2.17. The monoisotopic (exact) mass is 220 g/mol. The van der Waals surface area contributed by atoms with E-state index >= 15 is 0 Å². The summed E-state index contributed by atoms with van der Waals surface area (Å²) in [7, 11) is 0. The van der Waals surface area contributed by atoms with E-state index < -0.39 is 0 Å². The molecule has 0 fully saturated rings. The van der Waals surface area contributed by atoms with Gasteiger partial charge in [-0.25, -0.2) is 0 Å². The summed E-state index contributed by atoms with van der Waals surface area (Å²) < 4.78 is 0. The van der Waals surface area contributed by atoms with E-state index in [2.05, 4.69) is 0 Å². The zero-order valence-electron chi connectivity index (χ0n) is 8.72. The summed E-state index contributed by atoms with van der Waals surface area (Å²) in [6, 6.07) is 5.50. The molecule has 0 spiro atoms. The molecule has 0 atom stereocenters. The minimum absolute atomic E-state index is 0.146. The van der Waals surface area contributed by atoms with Crippen LogP contribution in [0.25, 0.3) is 0 Å². The molecular weight excluding hydrogens is 208 g/mol. The quantitative estimate of drug-likeness (QED) is 0.690. The molecule has 0 heterocycles. The van der Waals surface area contributed by atoms with Gasteiger partial charge in [0, 0.05) is 10.6 Å². The van der Waals surface area contributed by atoms with Gasteiger partial charge in [-0.15, -0.1) is 0 Å². The van der Waals surface area contributed by atoms with Crippen LogP contribution in [0.5, 0.6) is 0 Å². The van der Waals surface area contributed by atoms with Crippen molar-refractivity contribution in [2.45, 2.75) is 26.2 Å². The molecule has 0 bridgehead atoms. The fourth-order valence-electron chi connectivity index (χ4n) is 1.90. The Morgan fingerprint density at radius 1 is 1.40 bits per heavy atom. The summed E-state index contributed by atoms with van der Waals surface area (Å²) in [6.07, 6.45) is 5.08. The first-order valence-electron chi connectivity index (χ1n) is 5.19. The molecule has 0 saturated heterocycles. The third kappa shape index (κ3) is 1.98. The van der Waals surface area contributed by atoms with Crippen LogP contribution in [0, 0.1) is 6.92 Å². The minimum Gasteiger partial charge on any atom is -0.289 e. The number of hydrogen-bond acceptors (Lipinski definition) is 1. The fourth-order valence-corrected chi connectivity index (χ4v) is 2.08. The molecule has 1 aliphatic carbocycles. The average Bonchev–Trinajstić information content (AvgIpc) is 2.74. The summed E-state index contributed by atoms with van der Waals surface area (Å²) in [5.41, 5.74) is 2.58. The van der Waals surface area contributed by atoms with Crippen molar-refractivity contribution in [3.63, 3.8) is 0 Å². The molecule has 1 aromatic rings. The van der Waals surface area contributed by atoms with E-state index in [1.807, 2.05) is 31.2 Å². The highest BCUT2D eigenvalue weighted by Crippen LogP contribution is 2.26. The number of benzene rings is 1. The molecule has 0 radical (unpaired) electrons. The molecule has 1 nitrogen and oxygen atoms in total. The van der Waals surface area contributed by atoms with Crippen molar-refractivity contribution in [2.75, 3.05) is 0 Å². The van der Waals surface area contributed by atoms with E-state index in [1.54, 1.807) is 0 Å². The predicted molar refractivity (Wildman–Crippen MR) is 62.5 cm³/mol. The SMILES string of the molecule is Cc1c(Cl)cccc1C(=O)C1=CCCC1. The van der Waals surface area contributed by atoms with Gasteiger partial charge < -0.3 is 0 Å². The zero-order valence-corrected chi connectivity index (χ0v) is 9.47. The van der Waals surface area contributed by atoms with Gasteiger partial charge in [-0.2, -0.15) is 0 Å². The maximum Gasteiger partial charge on any atom is 0.189 e. The molecule has 0 amide bonds. The molecular formula is C13H13ClO. The highest BCUT2D eigenvalue weighted by molar-refractivity contribution is 6.32. The lowest BCUT2D eigenvalue weighted by molar-refractivity contribution is 0.103. The van der Waals surface area contributed by atoms with Gasteiger partial charge in [0.15, 0.2) is 5.78 Å². The molecule has 0 aromatic heterocycles. The molecule has 1 aromatic carbocycles. The van der Waals surface area contributed by atoms with Crippen molar-refractivity contribution < 1.29 is 4.79 Å². The third-order valence-corrected chi connectivity index (χ3v) is 3.25. The highest BCUT2D eigenvalue weighted by atomic mass is 35.5. The van der Waals surface area contributed by atoms with Gasteiger partial charge in [-0.3, -0.25) is 4.79 Å². The topological polar surface area (TPSA) is 17.1 Å². The molecule has 0 saturated carbocycles. The van der Waals surface area contributed by atoms with Crippen LogP contribution in [0.3, 0.4) is 0 Å².